The van der Waals surface area contributed by atoms with Gasteiger partial charge in [-0.15, -0.1) is 17.0 Å². The summed E-state index contributed by atoms with van der Waals surface area (Å²) in [6.45, 7) is 3.14. The first-order valence-corrected chi connectivity index (χ1v) is 9.95. The zero-order valence-electron chi connectivity index (χ0n) is 17.4. The van der Waals surface area contributed by atoms with E-state index in [1.54, 1.807) is 19.1 Å². The standard InChI is InChI=1S/C22H18F2N6O2.BrH/c1-10-18-19(16-2-3-17(32-16)30-5-4-11(26)9-30)13(8-25)21(27-22(18)29-28-10)20-14(23)6-12(31)7-15(20)24;/h2-3,6-7,11,31H,4-5,9,26H2,1H3,(H,27,28,29);1H/t11-;/m1./s1. The summed E-state index contributed by atoms with van der Waals surface area (Å²) in [5.74, 6) is -1.73. The van der Waals surface area contributed by atoms with Crippen molar-refractivity contribution in [3.8, 4) is 34.4 Å². The molecule has 4 N–H and O–H groups in total. The molecular formula is C22H19BrF2N6O2. The number of phenols is 1. The number of rotatable bonds is 3. The molecule has 0 saturated carbocycles. The number of nitrogens with one attached hydrogen (secondary N) is 1. The Morgan fingerprint density at radius 3 is 2.64 bits per heavy atom. The first-order valence-electron chi connectivity index (χ1n) is 9.95. The summed E-state index contributed by atoms with van der Waals surface area (Å²) in [6.07, 6.45) is 0.837. The lowest BCUT2D eigenvalue weighted by atomic mass is 9.96. The molecule has 0 bridgehead atoms. The first kappa shape index (κ1) is 22.7. The van der Waals surface area contributed by atoms with Crippen LogP contribution in [0.1, 0.15) is 17.7 Å². The summed E-state index contributed by atoms with van der Waals surface area (Å²) >= 11 is 0. The maximum atomic E-state index is 14.7. The van der Waals surface area contributed by atoms with E-state index in [-0.39, 0.29) is 39.9 Å². The maximum absolute atomic E-state index is 14.7. The average Bonchev–Trinajstić information content (AvgIpc) is 3.47. The monoisotopic (exact) mass is 516 g/mol. The van der Waals surface area contributed by atoms with Gasteiger partial charge in [-0.25, -0.2) is 13.8 Å². The maximum Gasteiger partial charge on any atom is 0.196 e. The van der Waals surface area contributed by atoms with Crippen LogP contribution in [0.5, 0.6) is 5.75 Å². The number of halogens is 3. The summed E-state index contributed by atoms with van der Waals surface area (Å²) in [5.41, 5.74) is 6.31. The van der Waals surface area contributed by atoms with Crippen molar-refractivity contribution >= 4 is 33.9 Å². The number of anilines is 1. The van der Waals surface area contributed by atoms with Crippen molar-refractivity contribution in [3.63, 3.8) is 0 Å². The number of nitriles is 1. The lowest BCUT2D eigenvalue weighted by molar-refractivity contribution is 0.461. The zero-order valence-corrected chi connectivity index (χ0v) is 19.1. The largest absolute Gasteiger partial charge is 0.508 e. The number of nitrogens with zero attached hydrogens (tertiary/aromatic N) is 4. The Kier molecular flexibility index (Phi) is 5.82. The molecular weight excluding hydrogens is 498 g/mol. The Bertz CT molecular complexity index is 1390. The second-order valence-corrected chi connectivity index (χ2v) is 7.79. The summed E-state index contributed by atoms with van der Waals surface area (Å²) < 4.78 is 35.4. The van der Waals surface area contributed by atoms with Gasteiger partial charge in [0, 0.05) is 43.0 Å². The lowest BCUT2D eigenvalue weighted by Crippen LogP contribution is -2.25. The van der Waals surface area contributed by atoms with Gasteiger partial charge >= 0.3 is 0 Å². The number of aromatic hydroxyl groups is 1. The van der Waals surface area contributed by atoms with Crippen LogP contribution in [0, 0.1) is 29.9 Å². The summed E-state index contributed by atoms with van der Waals surface area (Å²) in [7, 11) is 0. The molecule has 0 unspecified atom stereocenters. The van der Waals surface area contributed by atoms with Crippen LogP contribution in [-0.2, 0) is 0 Å². The van der Waals surface area contributed by atoms with E-state index in [4.69, 9.17) is 10.2 Å². The number of nitrogens with two attached hydrogens (primary N) is 1. The molecule has 8 nitrogen and oxygen atoms in total. The van der Waals surface area contributed by atoms with Gasteiger partial charge in [-0.05, 0) is 19.4 Å². The molecule has 4 heterocycles. The van der Waals surface area contributed by atoms with E-state index in [1.807, 2.05) is 11.0 Å². The molecule has 1 saturated heterocycles. The third-order valence-corrected chi connectivity index (χ3v) is 5.63. The number of hydrogen-bond donors (Lipinski definition) is 3. The summed E-state index contributed by atoms with van der Waals surface area (Å²) in [5, 5.41) is 27.0. The fourth-order valence-electron chi connectivity index (χ4n) is 4.14. The highest BCUT2D eigenvalue weighted by Gasteiger charge is 2.28. The summed E-state index contributed by atoms with van der Waals surface area (Å²) in [6, 6.07) is 7.09. The van der Waals surface area contributed by atoms with E-state index in [0.717, 1.165) is 25.1 Å². The normalized spacial score (nSPS) is 15.6. The van der Waals surface area contributed by atoms with E-state index in [9.17, 15) is 19.1 Å². The number of H-pyrrole nitrogens is 1. The molecule has 1 aliphatic heterocycles. The van der Waals surface area contributed by atoms with E-state index in [0.29, 0.717) is 34.8 Å². The molecule has 0 aliphatic carbocycles. The minimum absolute atomic E-state index is 0. The number of pyridine rings is 1. The SMILES string of the molecule is Br.Cc1[nH]nc2nc(-c3c(F)cc(O)cc3F)c(C#N)c(-c3ccc(N4CC[C@@H](N)C4)o3)c12. The topological polar surface area (TPSA) is 128 Å². The van der Waals surface area contributed by atoms with Gasteiger partial charge in [0.25, 0.3) is 0 Å². The Balaban J connectivity index is 0.00000259. The third-order valence-electron chi connectivity index (χ3n) is 5.63. The minimum atomic E-state index is -1.05. The number of aromatic nitrogens is 3. The van der Waals surface area contributed by atoms with Crippen molar-refractivity contribution in [1.82, 2.24) is 15.2 Å². The van der Waals surface area contributed by atoms with Gasteiger partial charge in [-0.2, -0.15) is 10.4 Å². The summed E-state index contributed by atoms with van der Waals surface area (Å²) in [4.78, 5) is 6.27. The van der Waals surface area contributed by atoms with E-state index in [2.05, 4.69) is 15.2 Å². The van der Waals surface area contributed by atoms with Crippen molar-refractivity contribution < 1.29 is 18.3 Å². The Labute approximate surface area is 197 Å². The predicted octanol–water partition coefficient (Wildman–Crippen LogP) is 4.16. The van der Waals surface area contributed by atoms with Crippen LogP contribution in [0.2, 0.25) is 0 Å². The van der Waals surface area contributed by atoms with Crippen molar-refractivity contribution in [3.05, 3.63) is 47.2 Å². The molecule has 5 rings (SSSR count). The van der Waals surface area contributed by atoms with Crippen LogP contribution in [0.3, 0.4) is 0 Å². The van der Waals surface area contributed by atoms with E-state index < -0.39 is 22.9 Å². The third kappa shape index (κ3) is 3.71. The molecule has 1 aromatic carbocycles. The van der Waals surface area contributed by atoms with Gasteiger partial charge in [0.15, 0.2) is 11.5 Å². The number of benzene rings is 1. The second-order valence-electron chi connectivity index (χ2n) is 7.79. The minimum Gasteiger partial charge on any atom is -0.508 e. The molecule has 170 valence electrons. The molecule has 3 aromatic heterocycles. The fraction of sp³-hybridized carbons (Fsp3) is 0.227. The van der Waals surface area contributed by atoms with E-state index >= 15 is 0 Å². The van der Waals surface area contributed by atoms with Crippen LogP contribution in [0.25, 0.3) is 33.6 Å². The number of aryl methyl sites for hydroxylation is 1. The van der Waals surface area contributed by atoms with Gasteiger partial charge in [0.2, 0.25) is 0 Å². The van der Waals surface area contributed by atoms with Crippen LogP contribution < -0.4 is 10.6 Å². The van der Waals surface area contributed by atoms with Gasteiger partial charge < -0.3 is 20.2 Å². The Hall–Kier alpha value is -3.49. The molecule has 33 heavy (non-hydrogen) atoms. The van der Waals surface area contributed by atoms with Crippen LogP contribution >= 0.6 is 17.0 Å². The molecule has 0 spiro atoms. The highest BCUT2D eigenvalue weighted by Crippen LogP contribution is 2.41. The fourth-order valence-corrected chi connectivity index (χ4v) is 4.14. The quantitative estimate of drug-likeness (QED) is 0.372. The molecule has 1 atom stereocenters. The van der Waals surface area contributed by atoms with Gasteiger partial charge in [0.1, 0.15) is 29.2 Å². The van der Waals surface area contributed by atoms with Crippen molar-refractivity contribution in [2.24, 2.45) is 5.73 Å². The highest BCUT2D eigenvalue weighted by molar-refractivity contribution is 8.93. The van der Waals surface area contributed by atoms with Crippen molar-refractivity contribution in [1.29, 1.82) is 5.26 Å². The molecule has 4 aromatic rings. The van der Waals surface area contributed by atoms with Crippen LogP contribution in [0.15, 0.2) is 28.7 Å². The molecule has 11 heteroatoms. The van der Waals surface area contributed by atoms with Gasteiger partial charge in [-0.1, -0.05) is 0 Å². The van der Waals surface area contributed by atoms with Crippen LogP contribution in [0.4, 0.5) is 14.7 Å². The zero-order chi connectivity index (χ0) is 22.6. The van der Waals surface area contributed by atoms with Crippen molar-refractivity contribution in [2.45, 2.75) is 19.4 Å². The number of aromatic amines is 1. The second kappa shape index (κ2) is 8.46. The van der Waals surface area contributed by atoms with Crippen molar-refractivity contribution in [2.75, 3.05) is 18.0 Å². The molecule has 1 fully saturated rings. The lowest BCUT2D eigenvalue weighted by Gasteiger charge is -2.14. The Morgan fingerprint density at radius 1 is 1.27 bits per heavy atom. The number of phenolic OH excluding ortho intramolecular Hbond substituents is 1. The molecule has 0 amide bonds. The first-order chi connectivity index (χ1) is 15.4. The molecule has 1 aliphatic rings. The van der Waals surface area contributed by atoms with Gasteiger partial charge in [0.05, 0.1) is 27.8 Å². The molecule has 0 radical (unpaired) electrons. The van der Waals surface area contributed by atoms with E-state index in [1.165, 1.54) is 0 Å². The number of hydrogen-bond acceptors (Lipinski definition) is 7. The Morgan fingerprint density at radius 2 is 2.00 bits per heavy atom. The van der Waals surface area contributed by atoms with Gasteiger partial charge in [-0.3, -0.25) is 5.10 Å². The number of furan rings is 1. The predicted molar refractivity (Wildman–Crippen MR) is 123 cm³/mol. The highest BCUT2D eigenvalue weighted by atomic mass is 79.9. The average molecular weight is 517 g/mol. The number of fused-ring (bicyclic) bond motifs is 1. The van der Waals surface area contributed by atoms with Crippen LogP contribution in [-0.4, -0.2) is 39.4 Å². The smallest absolute Gasteiger partial charge is 0.196 e.